The second kappa shape index (κ2) is 11.1. The average molecular weight is 557 g/mol. The molecule has 2 N–H and O–H groups in total. The number of anilines is 2. The van der Waals surface area contributed by atoms with Gasteiger partial charge in [-0.15, -0.1) is 0 Å². The first-order valence-electron chi connectivity index (χ1n) is 13.3. The van der Waals surface area contributed by atoms with Gasteiger partial charge in [0.15, 0.2) is 0 Å². The summed E-state index contributed by atoms with van der Waals surface area (Å²) in [5.74, 6) is 0.392. The number of hydrogen-bond acceptors (Lipinski definition) is 7. The van der Waals surface area contributed by atoms with Crippen molar-refractivity contribution in [3.8, 4) is 0 Å². The predicted molar refractivity (Wildman–Crippen MR) is 159 cm³/mol. The largest absolute Gasteiger partial charge is 0.376 e. The molecule has 0 radical (unpaired) electrons. The molecular weight excluding hydrogens is 525 g/mol. The molecule has 2 unspecified atom stereocenters. The molecule has 2 aliphatic heterocycles. The first kappa shape index (κ1) is 26.0. The number of H-pyrrole nitrogens is 1. The molecule has 0 aliphatic carbocycles. The van der Waals surface area contributed by atoms with Gasteiger partial charge in [0.1, 0.15) is 11.8 Å². The fraction of sp³-hybridized carbons (Fsp3) is 0.290. The monoisotopic (exact) mass is 556 g/mol. The van der Waals surface area contributed by atoms with E-state index in [2.05, 4.69) is 84.5 Å². The van der Waals surface area contributed by atoms with Gasteiger partial charge in [-0.3, -0.25) is 9.78 Å². The van der Waals surface area contributed by atoms with Crippen LogP contribution in [-0.2, 0) is 4.74 Å². The fourth-order valence-corrected chi connectivity index (χ4v) is 7.56. The predicted octanol–water partition coefficient (Wildman–Crippen LogP) is 7.08. The van der Waals surface area contributed by atoms with Crippen molar-refractivity contribution in [3.05, 3.63) is 100 Å². The smallest absolute Gasteiger partial charge is 0.271 e. The molecule has 0 bridgehead atoms. The van der Waals surface area contributed by atoms with Crippen LogP contribution in [0.2, 0.25) is 0 Å². The summed E-state index contributed by atoms with van der Waals surface area (Å²) in [5, 5.41) is 3.74. The van der Waals surface area contributed by atoms with E-state index in [0.717, 1.165) is 11.4 Å². The lowest BCUT2D eigenvalue weighted by atomic mass is 9.99. The van der Waals surface area contributed by atoms with E-state index < -0.39 is 0 Å². The zero-order valence-corrected chi connectivity index (χ0v) is 23.9. The molecule has 8 heteroatoms. The Balaban J connectivity index is 1.23. The van der Waals surface area contributed by atoms with Gasteiger partial charge in [-0.2, -0.15) is 0 Å². The van der Waals surface area contributed by atoms with Gasteiger partial charge in [-0.1, -0.05) is 55.6 Å². The third-order valence-corrected chi connectivity index (χ3v) is 9.79. The van der Waals surface area contributed by atoms with Gasteiger partial charge >= 0.3 is 0 Å². The van der Waals surface area contributed by atoms with Gasteiger partial charge in [0.2, 0.25) is 0 Å². The summed E-state index contributed by atoms with van der Waals surface area (Å²) < 4.78 is 6.25. The van der Waals surface area contributed by atoms with Crippen LogP contribution in [0.25, 0.3) is 0 Å². The normalized spacial score (nSPS) is 17.4. The molecule has 1 saturated heterocycles. The highest BCUT2D eigenvalue weighted by atomic mass is 32.2. The van der Waals surface area contributed by atoms with Crippen LogP contribution in [0.4, 0.5) is 11.4 Å². The van der Waals surface area contributed by atoms with E-state index in [0.29, 0.717) is 31.3 Å². The minimum Gasteiger partial charge on any atom is -0.376 e. The Morgan fingerprint density at radius 2 is 1.95 bits per heavy atom. The summed E-state index contributed by atoms with van der Waals surface area (Å²) in [5.41, 5.74) is 5.14. The summed E-state index contributed by atoms with van der Waals surface area (Å²) in [7, 11) is 0. The maximum absolute atomic E-state index is 12.4. The van der Waals surface area contributed by atoms with E-state index in [1.807, 2.05) is 41.9 Å². The summed E-state index contributed by atoms with van der Waals surface area (Å²) in [4.78, 5) is 27.0. The first-order valence-corrected chi connectivity index (χ1v) is 15.0. The van der Waals surface area contributed by atoms with E-state index in [-0.39, 0.29) is 17.7 Å². The summed E-state index contributed by atoms with van der Waals surface area (Å²) >= 11 is 3.61. The molecule has 4 heterocycles. The van der Waals surface area contributed by atoms with Crippen LogP contribution in [0, 0.1) is 12.8 Å². The first-order chi connectivity index (χ1) is 19.0. The molecular formula is C31H32N4O2S2. The maximum atomic E-state index is 12.4. The lowest BCUT2D eigenvalue weighted by Gasteiger charge is -2.35. The number of morpholine rings is 1. The minimum atomic E-state index is -0.0993. The third kappa shape index (κ3) is 5.46. The maximum Gasteiger partial charge on any atom is 0.271 e. The van der Waals surface area contributed by atoms with Gasteiger partial charge < -0.3 is 19.9 Å². The molecule has 2 aliphatic rings. The number of pyridine rings is 2. The van der Waals surface area contributed by atoms with E-state index in [9.17, 15) is 4.79 Å². The van der Waals surface area contributed by atoms with Crippen LogP contribution in [0.5, 0.6) is 0 Å². The van der Waals surface area contributed by atoms with Crippen molar-refractivity contribution in [2.24, 2.45) is 5.92 Å². The molecule has 0 saturated carbocycles. The molecule has 2 aromatic carbocycles. The topological polar surface area (TPSA) is 70.2 Å². The van der Waals surface area contributed by atoms with E-state index in [1.54, 1.807) is 6.20 Å². The van der Waals surface area contributed by atoms with Crippen molar-refractivity contribution in [2.75, 3.05) is 29.9 Å². The third-order valence-electron chi connectivity index (χ3n) is 7.18. The second-order valence-electron chi connectivity index (χ2n) is 10.4. The number of aryl methyl sites for hydroxylation is 1. The second-order valence-corrected chi connectivity index (χ2v) is 12.5. The zero-order chi connectivity index (χ0) is 26.9. The van der Waals surface area contributed by atoms with Crippen LogP contribution in [0.1, 0.15) is 42.8 Å². The quantitative estimate of drug-likeness (QED) is 0.232. The minimum absolute atomic E-state index is 0.0608. The van der Waals surface area contributed by atoms with Gasteiger partial charge in [0, 0.05) is 50.8 Å². The number of hydrogen-bond donors (Lipinski definition) is 2. The fourth-order valence-electron chi connectivity index (χ4n) is 5.11. The average Bonchev–Trinajstić information content (AvgIpc) is 2.95. The SMILES string of the molecule is Cc1ccc(C(Nc2ccc3c(c2)Sc2cccc(C4CN(c5ccc[nH]c5=O)CCO4)c2S3)C(C)C)nc1. The molecule has 1 fully saturated rings. The van der Waals surface area contributed by atoms with E-state index >= 15 is 0 Å². The number of aromatic nitrogens is 2. The van der Waals surface area contributed by atoms with Crippen LogP contribution >= 0.6 is 23.5 Å². The number of nitrogens with zero attached hydrogens (tertiary/aromatic N) is 2. The molecule has 200 valence electrons. The van der Waals surface area contributed by atoms with Gasteiger partial charge in [0.25, 0.3) is 5.56 Å². The number of benzene rings is 2. The summed E-state index contributed by atoms with van der Waals surface area (Å²) in [6.45, 7) is 8.45. The molecule has 2 aromatic heterocycles. The molecule has 6 rings (SSSR count). The Morgan fingerprint density at radius 1 is 1.05 bits per heavy atom. The van der Waals surface area contributed by atoms with Crippen molar-refractivity contribution in [2.45, 2.75) is 52.5 Å². The molecule has 0 amide bonds. The Kier molecular flexibility index (Phi) is 7.42. The van der Waals surface area contributed by atoms with E-state index in [4.69, 9.17) is 9.72 Å². The lowest BCUT2D eigenvalue weighted by molar-refractivity contribution is 0.0378. The number of ether oxygens (including phenoxy) is 1. The number of fused-ring (bicyclic) bond motifs is 2. The van der Waals surface area contributed by atoms with Crippen molar-refractivity contribution in [1.29, 1.82) is 0 Å². The summed E-state index contributed by atoms with van der Waals surface area (Å²) in [6.07, 6.45) is 3.51. The van der Waals surface area contributed by atoms with Crippen LogP contribution in [-0.4, -0.2) is 29.7 Å². The Bertz CT molecular complexity index is 1540. The summed E-state index contributed by atoms with van der Waals surface area (Å²) in [6, 6.07) is 21.2. The van der Waals surface area contributed by atoms with Crippen LogP contribution < -0.4 is 15.8 Å². The van der Waals surface area contributed by atoms with Crippen molar-refractivity contribution < 1.29 is 4.74 Å². The number of aromatic amines is 1. The van der Waals surface area contributed by atoms with Gasteiger partial charge in [-0.05, 0) is 66.4 Å². The van der Waals surface area contributed by atoms with Gasteiger partial charge in [-0.25, -0.2) is 0 Å². The standard InChI is InChI=1S/C31H32N4O2S2/c1-19(2)29(23-11-9-20(3)17-33-23)34-21-10-12-26-28(16-21)38-27-8-4-6-22(30(27)39-26)25-18-35(14-15-37-25)24-7-5-13-32-31(24)36/h4-13,16-17,19,25,29,34H,14-15,18H2,1-3H3,(H,32,36). The Hall–Kier alpha value is -3.20. The molecule has 0 spiro atoms. The Morgan fingerprint density at radius 3 is 2.74 bits per heavy atom. The Labute approximate surface area is 237 Å². The van der Waals surface area contributed by atoms with Crippen molar-refractivity contribution in [3.63, 3.8) is 0 Å². The molecule has 6 nitrogen and oxygen atoms in total. The highest BCUT2D eigenvalue weighted by molar-refractivity contribution is 8.05. The van der Waals surface area contributed by atoms with Crippen molar-refractivity contribution in [1.82, 2.24) is 9.97 Å². The number of rotatable bonds is 6. The zero-order valence-electron chi connectivity index (χ0n) is 22.3. The highest BCUT2D eigenvalue weighted by Crippen LogP contribution is 2.52. The van der Waals surface area contributed by atoms with Crippen LogP contribution in [0.15, 0.2) is 97.4 Å². The van der Waals surface area contributed by atoms with E-state index in [1.165, 1.54) is 30.7 Å². The van der Waals surface area contributed by atoms with Gasteiger partial charge in [0.05, 0.1) is 18.3 Å². The molecule has 4 aromatic rings. The highest BCUT2D eigenvalue weighted by Gasteiger charge is 2.29. The molecule has 39 heavy (non-hydrogen) atoms. The molecule has 2 atom stereocenters. The van der Waals surface area contributed by atoms with Crippen LogP contribution in [0.3, 0.4) is 0 Å². The lowest BCUT2D eigenvalue weighted by Crippen LogP contribution is -2.41. The number of nitrogens with one attached hydrogen (secondary N) is 2. The van der Waals surface area contributed by atoms with Crippen molar-refractivity contribution >= 4 is 34.9 Å².